The van der Waals surface area contributed by atoms with Gasteiger partial charge in [-0.05, 0) is 37.1 Å². The third kappa shape index (κ3) is 3.47. The van der Waals surface area contributed by atoms with Crippen LogP contribution in [0.25, 0.3) is 16.8 Å². The Morgan fingerprint density at radius 2 is 2.00 bits per heavy atom. The lowest BCUT2D eigenvalue weighted by Crippen LogP contribution is -2.15. The van der Waals surface area contributed by atoms with Crippen LogP contribution in [0.3, 0.4) is 0 Å². The van der Waals surface area contributed by atoms with E-state index >= 15 is 0 Å². The number of nitrogens with zero attached hydrogens (tertiary/aromatic N) is 3. The Morgan fingerprint density at radius 3 is 2.79 bits per heavy atom. The smallest absolute Gasteiger partial charge is 0.165 e. The predicted octanol–water partition coefficient (Wildman–Crippen LogP) is 4.54. The molecule has 5 nitrogen and oxygen atoms in total. The summed E-state index contributed by atoms with van der Waals surface area (Å²) >= 11 is 0. The Hall–Kier alpha value is -3.25. The van der Waals surface area contributed by atoms with E-state index in [0.29, 0.717) is 6.61 Å². The second-order valence-electron chi connectivity index (χ2n) is 7.22. The van der Waals surface area contributed by atoms with Gasteiger partial charge in [-0.25, -0.2) is 9.37 Å². The molecule has 1 atom stereocenters. The fourth-order valence-corrected chi connectivity index (χ4v) is 3.81. The molecule has 0 amide bonds. The van der Waals surface area contributed by atoms with Gasteiger partial charge in [0.25, 0.3) is 0 Å². The quantitative estimate of drug-likeness (QED) is 0.545. The summed E-state index contributed by atoms with van der Waals surface area (Å²) in [7, 11) is 0. The standard InChI is InChI=1S/C23H21FN4O/c24-18-4-1-2-6-21(18)29-15-16-7-9-17(10-8-16)22-20-14-25-12-13-28(20)23(27-22)19-5-3-11-26-19/h1-2,4,6-10,12-14,19,26H,3,5,11,15H2/t19-/m0/s1. The maximum atomic E-state index is 13.7. The molecule has 6 heteroatoms. The number of nitrogens with one attached hydrogen (secondary N) is 1. The maximum absolute atomic E-state index is 13.7. The summed E-state index contributed by atoms with van der Waals surface area (Å²) in [6, 6.07) is 14.7. The highest BCUT2D eigenvalue weighted by Gasteiger charge is 2.23. The number of halogens is 1. The van der Waals surface area contributed by atoms with Crippen LogP contribution in [0.2, 0.25) is 0 Å². The zero-order chi connectivity index (χ0) is 19.6. The Balaban J connectivity index is 1.41. The van der Waals surface area contributed by atoms with Crippen molar-refractivity contribution in [1.82, 2.24) is 19.7 Å². The minimum atomic E-state index is -0.353. The highest BCUT2D eigenvalue weighted by atomic mass is 19.1. The molecule has 1 aliphatic rings. The van der Waals surface area contributed by atoms with Crippen molar-refractivity contribution in [2.24, 2.45) is 0 Å². The van der Waals surface area contributed by atoms with Crippen molar-refractivity contribution in [2.75, 3.05) is 6.54 Å². The molecule has 2 aromatic carbocycles. The van der Waals surface area contributed by atoms with Crippen molar-refractivity contribution in [1.29, 1.82) is 0 Å². The Kier molecular flexibility index (Phi) is 4.69. The van der Waals surface area contributed by atoms with Gasteiger partial charge in [0.1, 0.15) is 12.4 Å². The van der Waals surface area contributed by atoms with Gasteiger partial charge < -0.3 is 10.1 Å². The monoisotopic (exact) mass is 388 g/mol. The Morgan fingerprint density at radius 1 is 1.14 bits per heavy atom. The number of para-hydroxylation sites is 1. The second kappa shape index (κ2) is 7.64. The molecule has 1 saturated heterocycles. The molecular weight excluding hydrogens is 367 g/mol. The van der Waals surface area contributed by atoms with Crippen molar-refractivity contribution < 1.29 is 9.13 Å². The summed E-state index contributed by atoms with van der Waals surface area (Å²) in [5.41, 5.74) is 3.90. The molecule has 146 valence electrons. The average Bonchev–Trinajstić information content (AvgIpc) is 3.42. The van der Waals surface area contributed by atoms with Crippen molar-refractivity contribution in [3.63, 3.8) is 0 Å². The van der Waals surface area contributed by atoms with Gasteiger partial charge in [-0.15, -0.1) is 0 Å². The fourth-order valence-electron chi connectivity index (χ4n) is 3.81. The molecule has 0 spiro atoms. The first-order valence-electron chi connectivity index (χ1n) is 9.81. The van der Waals surface area contributed by atoms with E-state index in [1.54, 1.807) is 24.4 Å². The van der Waals surface area contributed by atoms with Gasteiger partial charge in [-0.3, -0.25) is 9.38 Å². The molecule has 0 radical (unpaired) electrons. The van der Waals surface area contributed by atoms with Crippen LogP contribution in [0.1, 0.15) is 30.3 Å². The van der Waals surface area contributed by atoms with Crippen LogP contribution in [0.4, 0.5) is 4.39 Å². The summed E-state index contributed by atoms with van der Waals surface area (Å²) in [6.45, 7) is 1.33. The molecule has 0 unspecified atom stereocenters. The minimum Gasteiger partial charge on any atom is -0.486 e. The lowest BCUT2D eigenvalue weighted by atomic mass is 10.1. The Bertz CT molecular complexity index is 1130. The van der Waals surface area contributed by atoms with Crippen molar-refractivity contribution in [3.8, 4) is 17.0 Å². The van der Waals surface area contributed by atoms with Crippen LogP contribution < -0.4 is 10.1 Å². The third-order valence-corrected chi connectivity index (χ3v) is 5.30. The van der Waals surface area contributed by atoms with Crippen LogP contribution in [-0.2, 0) is 6.61 Å². The van der Waals surface area contributed by atoms with Gasteiger partial charge in [-0.2, -0.15) is 0 Å². The van der Waals surface area contributed by atoms with Crippen molar-refractivity contribution >= 4 is 5.52 Å². The van der Waals surface area contributed by atoms with Crippen molar-refractivity contribution in [2.45, 2.75) is 25.5 Å². The molecule has 0 bridgehead atoms. The highest BCUT2D eigenvalue weighted by Crippen LogP contribution is 2.30. The molecule has 5 rings (SSSR count). The van der Waals surface area contributed by atoms with E-state index < -0.39 is 0 Å². The lowest BCUT2D eigenvalue weighted by molar-refractivity contribution is 0.290. The largest absolute Gasteiger partial charge is 0.486 e. The number of fused-ring (bicyclic) bond motifs is 1. The molecule has 3 heterocycles. The highest BCUT2D eigenvalue weighted by molar-refractivity contribution is 5.77. The molecule has 2 aromatic heterocycles. The summed E-state index contributed by atoms with van der Waals surface area (Å²) in [6.07, 6.45) is 7.87. The van der Waals surface area contributed by atoms with Crippen LogP contribution >= 0.6 is 0 Å². The maximum Gasteiger partial charge on any atom is 0.165 e. The van der Waals surface area contributed by atoms with Gasteiger partial charge in [0.05, 0.1) is 23.4 Å². The third-order valence-electron chi connectivity index (χ3n) is 5.30. The summed E-state index contributed by atoms with van der Waals surface area (Å²) in [5.74, 6) is 0.937. The summed E-state index contributed by atoms with van der Waals surface area (Å²) in [5, 5.41) is 3.52. The number of hydrogen-bond donors (Lipinski definition) is 1. The van der Waals surface area contributed by atoms with E-state index in [1.807, 2.05) is 36.7 Å². The molecule has 1 N–H and O–H groups in total. The number of ether oxygens (including phenoxy) is 1. The molecule has 0 saturated carbocycles. The van der Waals surface area contributed by atoms with Crippen LogP contribution in [0.15, 0.2) is 67.1 Å². The van der Waals surface area contributed by atoms with Gasteiger partial charge in [0, 0.05) is 18.0 Å². The van der Waals surface area contributed by atoms with E-state index in [4.69, 9.17) is 9.72 Å². The summed E-state index contributed by atoms with van der Waals surface area (Å²) in [4.78, 5) is 9.25. The number of imidazole rings is 1. The van der Waals surface area contributed by atoms with E-state index in [2.05, 4.69) is 14.7 Å². The first-order chi connectivity index (χ1) is 14.3. The Labute approximate surface area is 168 Å². The fraction of sp³-hybridized carbons (Fsp3) is 0.217. The van der Waals surface area contributed by atoms with E-state index in [1.165, 1.54) is 6.07 Å². The van der Waals surface area contributed by atoms with Gasteiger partial charge in [-0.1, -0.05) is 36.4 Å². The van der Waals surface area contributed by atoms with Crippen LogP contribution in [-0.4, -0.2) is 20.9 Å². The summed E-state index contributed by atoms with van der Waals surface area (Å²) < 4.78 is 21.4. The number of rotatable bonds is 5. The SMILES string of the molecule is Fc1ccccc1OCc1ccc(-c2nc([C@@H]3CCCN3)n3ccncc23)cc1. The molecular formula is C23H21FN4O. The van der Waals surface area contributed by atoms with Gasteiger partial charge in [0.2, 0.25) is 0 Å². The lowest BCUT2D eigenvalue weighted by Gasteiger charge is -2.08. The number of benzene rings is 2. The molecule has 0 aliphatic carbocycles. The molecule has 4 aromatic rings. The first-order valence-corrected chi connectivity index (χ1v) is 9.81. The average molecular weight is 388 g/mol. The topological polar surface area (TPSA) is 51.5 Å². The zero-order valence-corrected chi connectivity index (χ0v) is 15.9. The van der Waals surface area contributed by atoms with Crippen LogP contribution in [0, 0.1) is 5.82 Å². The zero-order valence-electron chi connectivity index (χ0n) is 15.9. The molecule has 29 heavy (non-hydrogen) atoms. The molecule has 1 fully saturated rings. The normalized spacial score (nSPS) is 16.4. The minimum absolute atomic E-state index is 0.261. The van der Waals surface area contributed by atoms with Crippen molar-refractivity contribution in [3.05, 3.63) is 84.3 Å². The number of hydrogen-bond acceptors (Lipinski definition) is 4. The molecule has 1 aliphatic heterocycles. The van der Waals surface area contributed by atoms with E-state index in [0.717, 1.165) is 47.5 Å². The number of aromatic nitrogens is 3. The van der Waals surface area contributed by atoms with Gasteiger partial charge >= 0.3 is 0 Å². The van der Waals surface area contributed by atoms with Crippen LogP contribution in [0.5, 0.6) is 5.75 Å². The first kappa shape index (κ1) is 17.8. The van der Waals surface area contributed by atoms with Gasteiger partial charge in [0.15, 0.2) is 11.6 Å². The van der Waals surface area contributed by atoms with E-state index in [9.17, 15) is 4.39 Å². The second-order valence-corrected chi connectivity index (χ2v) is 7.22. The predicted molar refractivity (Wildman–Crippen MR) is 109 cm³/mol. The van der Waals surface area contributed by atoms with E-state index in [-0.39, 0.29) is 17.6 Å².